The minimum Gasteiger partial charge on any atom is -0.496 e. The van der Waals surface area contributed by atoms with Gasteiger partial charge in [0.1, 0.15) is 18.1 Å². The number of halogens is 1. The zero-order valence-corrected chi connectivity index (χ0v) is 11.7. The van der Waals surface area contributed by atoms with E-state index in [0.717, 1.165) is 5.56 Å². The maximum absolute atomic E-state index is 9.00. The van der Waals surface area contributed by atoms with Gasteiger partial charge in [0.15, 0.2) is 0 Å². The van der Waals surface area contributed by atoms with Crippen molar-refractivity contribution in [3.63, 3.8) is 0 Å². The van der Waals surface area contributed by atoms with Gasteiger partial charge in [-0.2, -0.15) is 0 Å². The normalized spacial score (nSPS) is 10.2. The number of methoxy groups -OCH3 is 1. The molecule has 0 bridgehead atoms. The molecule has 2 aromatic rings. The van der Waals surface area contributed by atoms with Crippen molar-refractivity contribution in [1.29, 1.82) is 0 Å². The van der Waals surface area contributed by atoms with Crippen molar-refractivity contribution in [3.05, 3.63) is 53.1 Å². The smallest absolute Gasteiger partial charge is 0.488 e. The lowest BCUT2D eigenvalue weighted by Gasteiger charge is -2.11. The van der Waals surface area contributed by atoms with Crippen LogP contribution in [0.4, 0.5) is 0 Å². The third-order valence-corrected chi connectivity index (χ3v) is 3.05. The van der Waals surface area contributed by atoms with Gasteiger partial charge in [-0.3, -0.25) is 0 Å². The van der Waals surface area contributed by atoms with E-state index in [1.54, 1.807) is 49.6 Å². The highest BCUT2D eigenvalue weighted by Gasteiger charge is 2.10. The molecule has 0 radical (unpaired) electrons. The molecule has 0 amide bonds. The van der Waals surface area contributed by atoms with Gasteiger partial charge in [0.2, 0.25) is 0 Å². The number of rotatable bonds is 5. The molecule has 0 fully saturated rings. The van der Waals surface area contributed by atoms with Crippen molar-refractivity contribution in [2.45, 2.75) is 6.61 Å². The first-order chi connectivity index (χ1) is 9.60. The molecule has 2 N–H and O–H groups in total. The maximum Gasteiger partial charge on any atom is 0.488 e. The highest BCUT2D eigenvalue weighted by molar-refractivity contribution is 6.58. The molecule has 0 atom stereocenters. The standard InChI is InChI=1S/C14H14BClO4/c1-19-14-7-4-12(16)8-10(14)9-20-13-5-2-11(3-6-13)15(17)18/h2-8,17-18H,9H2,1H3. The van der Waals surface area contributed by atoms with E-state index in [2.05, 4.69) is 0 Å². The summed E-state index contributed by atoms with van der Waals surface area (Å²) >= 11 is 5.94. The average Bonchev–Trinajstić information content (AvgIpc) is 2.45. The Morgan fingerprint density at radius 1 is 1.10 bits per heavy atom. The molecule has 104 valence electrons. The second-order valence-corrected chi connectivity index (χ2v) is 4.62. The first kappa shape index (κ1) is 14.7. The van der Waals surface area contributed by atoms with E-state index in [1.807, 2.05) is 0 Å². The van der Waals surface area contributed by atoms with Gasteiger partial charge in [0.05, 0.1) is 7.11 Å². The molecule has 20 heavy (non-hydrogen) atoms. The van der Waals surface area contributed by atoms with Crippen LogP contribution in [0.1, 0.15) is 5.56 Å². The first-order valence-corrected chi connectivity index (χ1v) is 6.39. The fraction of sp³-hybridized carbons (Fsp3) is 0.143. The minimum atomic E-state index is -1.47. The minimum absolute atomic E-state index is 0.310. The van der Waals surface area contributed by atoms with Crippen molar-refractivity contribution in [1.82, 2.24) is 0 Å². The Morgan fingerprint density at radius 3 is 2.40 bits per heavy atom. The van der Waals surface area contributed by atoms with Gasteiger partial charge in [0, 0.05) is 10.6 Å². The molecule has 0 aliphatic carbocycles. The zero-order valence-electron chi connectivity index (χ0n) is 10.9. The number of benzene rings is 2. The van der Waals surface area contributed by atoms with Crippen molar-refractivity contribution in [2.24, 2.45) is 0 Å². The molecule has 0 spiro atoms. The lowest BCUT2D eigenvalue weighted by atomic mass is 9.80. The summed E-state index contributed by atoms with van der Waals surface area (Å²) in [7, 11) is 0.113. The first-order valence-electron chi connectivity index (χ1n) is 6.01. The van der Waals surface area contributed by atoms with Gasteiger partial charge in [-0.25, -0.2) is 0 Å². The summed E-state index contributed by atoms with van der Waals surface area (Å²) in [6.07, 6.45) is 0. The quantitative estimate of drug-likeness (QED) is 0.822. The SMILES string of the molecule is COc1ccc(Cl)cc1COc1ccc(B(O)O)cc1. The Kier molecular flexibility index (Phi) is 4.90. The van der Waals surface area contributed by atoms with Gasteiger partial charge in [-0.05, 0) is 35.8 Å². The third kappa shape index (κ3) is 3.66. The average molecular weight is 293 g/mol. The molecular formula is C14H14BClO4. The predicted molar refractivity (Wildman–Crippen MR) is 78.6 cm³/mol. The molecule has 4 nitrogen and oxygen atoms in total. The molecule has 0 unspecified atom stereocenters. The van der Waals surface area contributed by atoms with Crippen molar-refractivity contribution < 1.29 is 19.5 Å². The van der Waals surface area contributed by atoms with Crippen molar-refractivity contribution >= 4 is 24.2 Å². The molecule has 0 saturated heterocycles. The Labute approximate surface area is 122 Å². The van der Waals surface area contributed by atoms with Gasteiger partial charge in [-0.15, -0.1) is 0 Å². The van der Waals surface area contributed by atoms with Crippen LogP contribution in [0.5, 0.6) is 11.5 Å². The van der Waals surface area contributed by atoms with Crippen LogP contribution in [0.3, 0.4) is 0 Å². The largest absolute Gasteiger partial charge is 0.496 e. The summed E-state index contributed by atoms with van der Waals surface area (Å²) in [6.45, 7) is 0.310. The lowest BCUT2D eigenvalue weighted by molar-refractivity contribution is 0.296. The van der Waals surface area contributed by atoms with E-state index in [9.17, 15) is 0 Å². The van der Waals surface area contributed by atoms with E-state index >= 15 is 0 Å². The fourth-order valence-corrected chi connectivity index (χ4v) is 1.95. The molecule has 0 aromatic heterocycles. The Balaban J connectivity index is 2.06. The summed E-state index contributed by atoms with van der Waals surface area (Å²) in [5.74, 6) is 1.33. The van der Waals surface area contributed by atoms with Crippen molar-refractivity contribution in [2.75, 3.05) is 7.11 Å². The molecule has 0 aliphatic rings. The number of hydrogen-bond acceptors (Lipinski definition) is 4. The molecule has 0 saturated carbocycles. The Bertz CT molecular complexity index is 572. The second kappa shape index (κ2) is 6.66. The van der Waals surface area contributed by atoms with Gasteiger partial charge in [0.25, 0.3) is 0 Å². The Hall–Kier alpha value is -1.69. The van der Waals surface area contributed by atoms with Crippen LogP contribution in [0, 0.1) is 0 Å². The summed E-state index contributed by atoms with van der Waals surface area (Å²) in [6, 6.07) is 11.8. The monoisotopic (exact) mass is 292 g/mol. The topological polar surface area (TPSA) is 58.9 Å². The van der Waals surface area contributed by atoms with Gasteiger partial charge in [-0.1, -0.05) is 23.7 Å². The Morgan fingerprint density at radius 2 is 1.80 bits per heavy atom. The highest BCUT2D eigenvalue weighted by atomic mass is 35.5. The molecule has 0 heterocycles. The number of hydrogen-bond donors (Lipinski definition) is 2. The van der Waals surface area contributed by atoms with Gasteiger partial charge >= 0.3 is 7.12 Å². The summed E-state index contributed by atoms with van der Waals surface area (Å²) < 4.78 is 10.9. The van der Waals surface area contributed by atoms with Crippen LogP contribution < -0.4 is 14.9 Å². The van der Waals surface area contributed by atoms with E-state index in [4.69, 9.17) is 31.1 Å². The van der Waals surface area contributed by atoms with E-state index in [-0.39, 0.29) is 0 Å². The van der Waals surface area contributed by atoms with Crippen LogP contribution in [-0.4, -0.2) is 24.3 Å². The zero-order chi connectivity index (χ0) is 14.5. The van der Waals surface area contributed by atoms with E-state index < -0.39 is 7.12 Å². The van der Waals surface area contributed by atoms with Crippen LogP contribution in [0.15, 0.2) is 42.5 Å². The second-order valence-electron chi connectivity index (χ2n) is 4.19. The van der Waals surface area contributed by atoms with Crippen LogP contribution in [0.2, 0.25) is 5.02 Å². The summed E-state index contributed by atoms with van der Waals surface area (Å²) in [4.78, 5) is 0. The predicted octanol–water partition coefficient (Wildman–Crippen LogP) is 1.61. The van der Waals surface area contributed by atoms with Gasteiger partial charge < -0.3 is 19.5 Å². The van der Waals surface area contributed by atoms with Crippen LogP contribution >= 0.6 is 11.6 Å². The van der Waals surface area contributed by atoms with Crippen molar-refractivity contribution in [3.8, 4) is 11.5 Å². The van der Waals surface area contributed by atoms with Crippen LogP contribution in [-0.2, 0) is 6.61 Å². The van der Waals surface area contributed by atoms with Crippen LogP contribution in [0.25, 0.3) is 0 Å². The van der Waals surface area contributed by atoms with E-state index in [0.29, 0.717) is 28.6 Å². The molecule has 2 rings (SSSR count). The lowest BCUT2D eigenvalue weighted by Crippen LogP contribution is -2.29. The molecule has 0 aliphatic heterocycles. The third-order valence-electron chi connectivity index (χ3n) is 2.82. The molecule has 2 aromatic carbocycles. The fourth-order valence-electron chi connectivity index (χ4n) is 1.76. The summed E-state index contributed by atoms with van der Waals surface area (Å²) in [5.41, 5.74) is 1.25. The van der Waals surface area contributed by atoms with E-state index in [1.165, 1.54) is 0 Å². The highest BCUT2D eigenvalue weighted by Crippen LogP contribution is 2.24. The maximum atomic E-state index is 9.00. The molecule has 6 heteroatoms. The number of ether oxygens (including phenoxy) is 2. The molecular weight excluding hydrogens is 278 g/mol. The summed E-state index contributed by atoms with van der Waals surface area (Å²) in [5, 5.41) is 18.6.